The molecule has 2 heterocycles. The predicted octanol–water partition coefficient (Wildman–Crippen LogP) is 14.0. The van der Waals surface area contributed by atoms with Crippen LogP contribution in [0.4, 0.5) is 0 Å². The van der Waals surface area contributed by atoms with Crippen LogP contribution in [-0.4, -0.2) is 16.6 Å². The molecule has 8 aromatic carbocycles. The van der Waals surface area contributed by atoms with Crippen molar-refractivity contribution in [2.24, 2.45) is 0 Å². The molecule has 0 saturated carbocycles. The van der Waals surface area contributed by atoms with E-state index in [2.05, 4.69) is 103 Å². The van der Waals surface area contributed by atoms with E-state index in [0.717, 1.165) is 38.9 Å². The van der Waals surface area contributed by atoms with Gasteiger partial charge < -0.3 is 0 Å². The first kappa shape index (κ1) is 34.3. The maximum Gasteiger partial charge on any atom is 0.193 e. The average Bonchev–Trinajstić information content (AvgIpc) is 3.62. The largest absolute Gasteiger partial charge is 0.289 e. The van der Waals surface area contributed by atoms with Crippen LogP contribution in [0.25, 0.3) is 70.6 Å². The molecule has 0 spiro atoms. The predicted molar refractivity (Wildman–Crippen MR) is 237 cm³/mol. The van der Waals surface area contributed by atoms with Gasteiger partial charge in [-0.1, -0.05) is 159 Å². The van der Waals surface area contributed by atoms with Crippen LogP contribution in [0.15, 0.2) is 206 Å². The molecular weight excluding hydrogens is 714 g/mol. The Balaban J connectivity index is 1.14. The van der Waals surface area contributed by atoms with Gasteiger partial charge in [-0.2, -0.15) is 0 Å². The maximum absolute atomic E-state index is 13.5. The summed E-state index contributed by atoms with van der Waals surface area (Å²) in [5.74, 6) is 0.0105. The second-order valence-electron chi connectivity index (χ2n) is 14.3. The molecule has 10 rings (SSSR count). The number of nitrogens with zero attached hydrogens (tertiary/aromatic N) is 1. The molecule has 57 heavy (non-hydrogen) atoms. The van der Waals surface area contributed by atoms with Crippen molar-refractivity contribution in [2.75, 3.05) is 0 Å². The highest BCUT2D eigenvalue weighted by atomic mass is 31.1. The Labute approximate surface area is 331 Å². The lowest BCUT2D eigenvalue weighted by molar-refractivity contribution is 0.103. The molecule has 0 atom stereocenters. The monoisotopic (exact) mass is 747 g/mol. The van der Waals surface area contributed by atoms with Gasteiger partial charge in [0.25, 0.3) is 0 Å². The number of fused-ring (bicyclic) bond motifs is 4. The zero-order valence-corrected chi connectivity index (χ0v) is 31.7. The third kappa shape index (κ3) is 6.35. The van der Waals surface area contributed by atoms with E-state index in [1.807, 2.05) is 103 Å². The molecule has 4 heteroatoms. The minimum atomic E-state index is -0.914. The number of hydrogen-bond acceptors (Lipinski definition) is 3. The molecule has 0 fully saturated rings. The van der Waals surface area contributed by atoms with E-state index in [4.69, 9.17) is 4.98 Å². The number of rotatable bonds is 8. The molecule has 0 aliphatic carbocycles. The molecule has 0 aliphatic rings. The molecule has 268 valence electrons. The van der Waals surface area contributed by atoms with E-state index < -0.39 is 7.53 Å². The number of carbonyl (C=O) groups excluding carboxylic acids is 2. The van der Waals surface area contributed by atoms with Crippen molar-refractivity contribution >= 4 is 50.9 Å². The van der Waals surface area contributed by atoms with Gasteiger partial charge in [-0.05, 0) is 92.2 Å². The third-order valence-corrected chi connectivity index (χ3v) is 13.3. The highest BCUT2D eigenvalue weighted by Gasteiger charge is 2.18. The summed E-state index contributed by atoms with van der Waals surface area (Å²) >= 11 is 0. The van der Waals surface area contributed by atoms with Crippen LogP contribution in [0.3, 0.4) is 0 Å². The van der Waals surface area contributed by atoms with E-state index in [1.54, 1.807) is 0 Å². The summed E-state index contributed by atoms with van der Waals surface area (Å²) in [6.07, 6.45) is 1.89. The van der Waals surface area contributed by atoms with Gasteiger partial charge in [-0.3, -0.25) is 14.6 Å². The fourth-order valence-electron chi connectivity index (χ4n) is 7.99. The van der Waals surface area contributed by atoms with Crippen molar-refractivity contribution in [2.45, 2.75) is 0 Å². The average molecular weight is 748 g/mol. The summed E-state index contributed by atoms with van der Waals surface area (Å²) in [6, 6.07) is 67.6. The van der Waals surface area contributed by atoms with Crippen molar-refractivity contribution in [1.29, 1.82) is 0 Å². The van der Waals surface area contributed by atoms with Gasteiger partial charge in [-0.15, -0.1) is 0 Å². The molecule has 0 aliphatic heterocycles. The van der Waals surface area contributed by atoms with Crippen molar-refractivity contribution in [3.63, 3.8) is 0 Å². The van der Waals surface area contributed by atoms with Crippen LogP contribution >= 0.6 is 7.53 Å². The van der Waals surface area contributed by atoms with Crippen LogP contribution in [-0.2, 0) is 0 Å². The lowest BCUT2D eigenvalue weighted by atomic mass is 9.96. The smallest absolute Gasteiger partial charge is 0.193 e. The lowest BCUT2D eigenvalue weighted by Crippen LogP contribution is -2.00. The van der Waals surface area contributed by atoms with Crippen molar-refractivity contribution in [1.82, 2.24) is 4.98 Å². The molecule has 0 unspecified atom stereocenters. The highest BCUT2D eigenvalue weighted by Crippen LogP contribution is 2.56. The van der Waals surface area contributed by atoms with Gasteiger partial charge in [0.1, 0.15) is 0 Å². The zero-order chi connectivity index (χ0) is 38.3. The Morgan fingerprint density at radius 1 is 0.368 bits per heavy atom. The standard InChI is InChI=1S/C53H34NO2P/c55-52(36-13-3-1-4-14-36)43-20-9-17-38(30-43)40-24-26-49-47(33-40)48-34-41(39-18-10-21-44(31-39)53(56)37-15-5-2-6-16-37)25-27-50(48)57(49)45-22-11-19-42(32-45)51-46-23-8-7-12-35(46)28-29-54-51/h1-34H. The van der Waals surface area contributed by atoms with Gasteiger partial charge in [0.15, 0.2) is 11.6 Å². The molecule has 3 nitrogen and oxygen atoms in total. The van der Waals surface area contributed by atoms with Crippen molar-refractivity contribution in [3.8, 4) is 38.8 Å². The lowest BCUT2D eigenvalue weighted by Gasteiger charge is -2.10. The molecule has 10 aromatic rings. The summed E-state index contributed by atoms with van der Waals surface area (Å²) < 4.78 is 0. The Morgan fingerprint density at radius 3 is 1.46 bits per heavy atom. The Kier molecular flexibility index (Phi) is 8.71. The first-order chi connectivity index (χ1) is 28.1. The molecule has 0 amide bonds. The first-order valence-corrected chi connectivity index (χ1v) is 20.4. The fraction of sp³-hybridized carbons (Fsp3) is 0. The zero-order valence-electron chi connectivity index (χ0n) is 30.8. The van der Waals surface area contributed by atoms with E-state index in [1.165, 1.54) is 31.7 Å². The first-order valence-electron chi connectivity index (χ1n) is 19.0. The summed E-state index contributed by atoms with van der Waals surface area (Å²) in [4.78, 5) is 31.8. The molecular formula is C53H34NO2P. The Bertz CT molecular complexity index is 3010. The number of pyridine rings is 1. The van der Waals surface area contributed by atoms with Crippen molar-refractivity contribution in [3.05, 3.63) is 229 Å². The summed E-state index contributed by atoms with van der Waals surface area (Å²) in [7, 11) is -0.914. The Morgan fingerprint density at radius 2 is 0.860 bits per heavy atom. The minimum Gasteiger partial charge on any atom is -0.289 e. The molecule has 0 N–H and O–H groups in total. The summed E-state index contributed by atoms with van der Waals surface area (Å²) in [5, 5.41) is 8.48. The maximum atomic E-state index is 13.5. The van der Waals surface area contributed by atoms with E-state index >= 15 is 0 Å². The quantitative estimate of drug-likeness (QED) is 0.145. The fourth-order valence-corrected chi connectivity index (χ4v) is 10.6. The van der Waals surface area contributed by atoms with Gasteiger partial charge in [0, 0.05) is 49.6 Å². The van der Waals surface area contributed by atoms with Crippen LogP contribution in [0.5, 0.6) is 0 Å². The van der Waals surface area contributed by atoms with E-state index in [9.17, 15) is 9.59 Å². The van der Waals surface area contributed by atoms with Gasteiger partial charge in [-0.25, -0.2) is 0 Å². The second kappa shape index (κ2) is 14.5. The molecule has 0 saturated heterocycles. The SMILES string of the molecule is O=C(c1ccccc1)c1cccc(-c2ccc3c(c2)c2cc(-c4cccc(C(=O)c5ccccc5)c4)ccc2p3-c2cccc(-c3nccc4ccccc34)c2)c1. The van der Waals surface area contributed by atoms with E-state index in [-0.39, 0.29) is 11.6 Å². The molecule has 0 bridgehead atoms. The van der Waals surface area contributed by atoms with Gasteiger partial charge in [0.05, 0.1) is 5.69 Å². The molecule has 0 radical (unpaired) electrons. The normalized spacial score (nSPS) is 11.3. The summed E-state index contributed by atoms with van der Waals surface area (Å²) in [6.45, 7) is 0. The second-order valence-corrected chi connectivity index (χ2v) is 16.4. The molecule has 2 aromatic heterocycles. The van der Waals surface area contributed by atoms with Crippen LogP contribution < -0.4 is 0 Å². The number of carbonyl (C=O) groups is 2. The van der Waals surface area contributed by atoms with Crippen LogP contribution in [0.2, 0.25) is 0 Å². The van der Waals surface area contributed by atoms with Gasteiger partial charge >= 0.3 is 0 Å². The van der Waals surface area contributed by atoms with Gasteiger partial charge in [0.2, 0.25) is 0 Å². The number of hydrogen-bond donors (Lipinski definition) is 0. The number of ketones is 2. The number of benzene rings is 8. The highest BCUT2D eigenvalue weighted by molar-refractivity contribution is 7.67. The Hall–Kier alpha value is -7.19. The van der Waals surface area contributed by atoms with Crippen LogP contribution in [0, 0.1) is 0 Å². The van der Waals surface area contributed by atoms with E-state index in [0.29, 0.717) is 22.3 Å². The topological polar surface area (TPSA) is 47.0 Å². The van der Waals surface area contributed by atoms with Crippen molar-refractivity contribution < 1.29 is 9.59 Å². The summed E-state index contributed by atoms with van der Waals surface area (Å²) in [5.41, 5.74) is 8.81. The van der Waals surface area contributed by atoms with Crippen LogP contribution in [0.1, 0.15) is 31.8 Å². The minimum absolute atomic E-state index is 0.00524. The third-order valence-electron chi connectivity index (χ3n) is 10.8. The number of aromatic nitrogens is 1.